The molecule has 4 heteroatoms. The number of hydrogen-bond acceptors (Lipinski definition) is 3. The van der Waals surface area contributed by atoms with Gasteiger partial charge in [0.05, 0.1) is 5.69 Å². The molecule has 0 radical (unpaired) electrons. The first-order valence-electron chi connectivity index (χ1n) is 7.10. The van der Waals surface area contributed by atoms with Gasteiger partial charge in [0.15, 0.2) is 0 Å². The molecule has 0 unspecified atom stereocenters. The summed E-state index contributed by atoms with van der Waals surface area (Å²) >= 11 is 0. The second-order valence-electron chi connectivity index (χ2n) is 6.73. The fourth-order valence-corrected chi connectivity index (χ4v) is 3.12. The molecular formula is C15H27N3O. The van der Waals surface area contributed by atoms with E-state index < -0.39 is 0 Å². The van der Waals surface area contributed by atoms with Gasteiger partial charge in [-0.25, -0.2) is 4.98 Å². The lowest BCUT2D eigenvalue weighted by atomic mass is 10.0. The minimum atomic E-state index is 0.323. The van der Waals surface area contributed by atoms with E-state index in [1.165, 1.54) is 0 Å². The Morgan fingerprint density at radius 2 is 1.95 bits per heavy atom. The van der Waals surface area contributed by atoms with E-state index in [1.807, 2.05) is 0 Å². The molecule has 0 amide bonds. The van der Waals surface area contributed by atoms with Gasteiger partial charge in [-0.05, 0) is 24.2 Å². The Balaban J connectivity index is 2.10. The van der Waals surface area contributed by atoms with Gasteiger partial charge in [0.25, 0.3) is 0 Å². The molecule has 0 aliphatic heterocycles. The second kappa shape index (κ2) is 4.82. The first kappa shape index (κ1) is 14.4. The number of nitrogens with zero attached hydrogens (tertiary/aromatic N) is 2. The van der Waals surface area contributed by atoms with Gasteiger partial charge in [0, 0.05) is 32.5 Å². The molecule has 1 saturated carbocycles. The molecule has 1 aliphatic rings. The Morgan fingerprint density at radius 1 is 1.32 bits per heavy atom. The summed E-state index contributed by atoms with van der Waals surface area (Å²) in [5.41, 5.74) is 1.72. The fourth-order valence-electron chi connectivity index (χ4n) is 3.12. The minimum Gasteiger partial charge on any atom is -0.385 e. The van der Waals surface area contributed by atoms with Crippen LogP contribution in [0.1, 0.15) is 45.9 Å². The van der Waals surface area contributed by atoms with Crippen molar-refractivity contribution in [1.29, 1.82) is 0 Å². The number of nitrogens with one attached hydrogen (secondary N) is 1. The van der Waals surface area contributed by atoms with E-state index in [9.17, 15) is 0 Å². The summed E-state index contributed by atoms with van der Waals surface area (Å²) in [5.74, 6) is 0.997. The topological polar surface area (TPSA) is 39.1 Å². The normalized spacial score (nSPS) is 20.5. The molecule has 1 N–H and O–H groups in total. The third-order valence-electron chi connectivity index (χ3n) is 4.88. The zero-order chi connectivity index (χ0) is 14.3. The predicted molar refractivity (Wildman–Crippen MR) is 78.5 cm³/mol. The van der Waals surface area contributed by atoms with Gasteiger partial charge in [0.1, 0.15) is 0 Å². The molecular weight excluding hydrogens is 238 g/mol. The van der Waals surface area contributed by atoms with Gasteiger partial charge in [-0.2, -0.15) is 0 Å². The third-order valence-corrected chi connectivity index (χ3v) is 4.88. The summed E-state index contributed by atoms with van der Waals surface area (Å²) in [6.07, 6.45) is 3.17. The molecule has 1 aromatic heterocycles. The minimum absolute atomic E-state index is 0.323. The molecule has 0 atom stereocenters. The number of aromatic nitrogens is 2. The number of aryl methyl sites for hydroxylation is 1. The van der Waals surface area contributed by atoms with E-state index in [-0.39, 0.29) is 0 Å². The average molecular weight is 265 g/mol. The molecule has 1 fully saturated rings. The fraction of sp³-hybridized carbons (Fsp3) is 0.800. The van der Waals surface area contributed by atoms with Crippen LogP contribution in [-0.4, -0.2) is 29.8 Å². The molecule has 2 rings (SSSR count). The Kier molecular flexibility index (Phi) is 3.65. The van der Waals surface area contributed by atoms with E-state index in [2.05, 4.69) is 55.7 Å². The van der Waals surface area contributed by atoms with Crippen molar-refractivity contribution >= 4 is 5.95 Å². The number of rotatable bonds is 6. The number of anilines is 1. The van der Waals surface area contributed by atoms with Crippen molar-refractivity contribution in [3.05, 3.63) is 11.9 Å². The molecule has 0 aromatic carbocycles. The molecule has 19 heavy (non-hydrogen) atoms. The van der Waals surface area contributed by atoms with Crippen LogP contribution in [0.4, 0.5) is 5.95 Å². The van der Waals surface area contributed by atoms with E-state index >= 15 is 0 Å². The van der Waals surface area contributed by atoms with Gasteiger partial charge < -0.3 is 14.6 Å². The van der Waals surface area contributed by atoms with Crippen molar-refractivity contribution in [2.75, 3.05) is 25.6 Å². The van der Waals surface area contributed by atoms with Gasteiger partial charge in [0.2, 0.25) is 5.95 Å². The highest BCUT2D eigenvalue weighted by Crippen LogP contribution is 2.71. The van der Waals surface area contributed by atoms with Crippen LogP contribution in [0, 0.1) is 17.8 Å². The summed E-state index contributed by atoms with van der Waals surface area (Å²) in [6.45, 7) is 13.1. The maximum atomic E-state index is 5.07. The van der Waals surface area contributed by atoms with Crippen LogP contribution < -0.4 is 5.32 Å². The van der Waals surface area contributed by atoms with Crippen LogP contribution in [0.5, 0.6) is 0 Å². The SMILES string of the molecule is COCCCNc1nc(C)cn1C1C(C)(C)C1(C)C. The monoisotopic (exact) mass is 265 g/mol. The Bertz CT molecular complexity index is 434. The van der Waals surface area contributed by atoms with Gasteiger partial charge in [-0.3, -0.25) is 0 Å². The summed E-state index contributed by atoms with van der Waals surface area (Å²) in [4.78, 5) is 4.61. The van der Waals surface area contributed by atoms with Crippen LogP contribution in [0.2, 0.25) is 0 Å². The lowest BCUT2D eigenvalue weighted by molar-refractivity contribution is 0.197. The van der Waals surface area contributed by atoms with Gasteiger partial charge in [-0.15, -0.1) is 0 Å². The highest BCUT2D eigenvalue weighted by atomic mass is 16.5. The highest BCUT2D eigenvalue weighted by molar-refractivity contribution is 5.34. The summed E-state index contributed by atoms with van der Waals surface area (Å²) in [5, 5.41) is 3.44. The maximum absolute atomic E-state index is 5.07. The average Bonchev–Trinajstić information content (AvgIpc) is 2.58. The maximum Gasteiger partial charge on any atom is 0.203 e. The van der Waals surface area contributed by atoms with E-state index in [1.54, 1.807) is 7.11 Å². The van der Waals surface area contributed by atoms with Crippen molar-refractivity contribution in [2.24, 2.45) is 10.8 Å². The molecule has 1 aliphatic carbocycles. The quantitative estimate of drug-likeness (QED) is 0.803. The third kappa shape index (κ3) is 2.38. The first-order valence-corrected chi connectivity index (χ1v) is 7.10. The Morgan fingerprint density at radius 3 is 2.47 bits per heavy atom. The standard InChI is InChI=1S/C15H27N3O/c1-11-10-18(12-14(2,3)15(12,4)5)13(17-11)16-8-7-9-19-6/h10,12H,7-9H2,1-6H3,(H,16,17). The molecule has 4 nitrogen and oxygen atoms in total. The molecule has 0 saturated heterocycles. The van der Waals surface area contributed by atoms with Crippen LogP contribution in [0.25, 0.3) is 0 Å². The Hall–Kier alpha value is -1.03. The van der Waals surface area contributed by atoms with Gasteiger partial charge in [-0.1, -0.05) is 27.7 Å². The van der Waals surface area contributed by atoms with Crippen LogP contribution in [0.3, 0.4) is 0 Å². The van der Waals surface area contributed by atoms with Gasteiger partial charge >= 0.3 is 0 Å². The second-order valence-corrected chi connectivity index (χ2v) is 6.73. The number of imidazole rings is 1. The van der Waals surface area contributed by atoms with E-state index in [0.717, 1.165) is 31.2 Å². The van der Waals surface area contributed by atoms with Crippen molar-refractivity contribution in [3.8, 4) is 0 Å². The molecule has 108 valence electrons. The lowest BCUT2D eigenvalue weighted by Gasteiger charge is -2.11. The largest absolute Gasteiger partial charge is 0.385 e. The molecule has 0 spiro atoms. The molecule has 1 heterocycles. The molecule has 1 aromatic rings. The van der Waals surface area contributed by atoms with Crippen LogP contribution >= 0.6 is 0 Å². The van der Waals surface area contributed by atoms with Crippen LogP contribution in [-0.2, 0) is 4.74 Å². The van der Waals surface area contributed by atoms with Crippen LogP contribution in [0.15, 0.2) is 6.20 Å². The first-order chi connectivity index (χ1) is 8.82. The summed E-state index contributed by atoms with van der Waals surface area (Å²) < 4.78 is 7.40. The van der Waals surface area contributed by atoms with E-state index in [4.69, 9.17) is 4.74 Å². The van der Waals surface area contributed by atoms with E-state index in [0.29, 0.717) is 16.9 Å². The van der Waals surface area contributed by atoms with Crippen molar-refractivity contribution in [1.82, 2.24) is 9.55 Å². The number of ether oxygens (including phenoxy) is 1. The highest BCUT2D eigenvalue weighted by Gasteiger charge is 2.66. The zero-order valence-electron chi connectivity index (χ0n) is 13.1. The lowest BCUT2D eigenvalue weighted by Crippen LogP contribution is -2.11. The summed E-state index contributed by atoms with van der Waals surface area (Å²) in [6, 6.07) is 0.520. The smallest absolute Gasteiger partial charge is 0.203 e. The van der Waals surface area contributed by atoms with Crippen molar-refractivity contribution in [3.63, 3.8) is 0 Å². The predicted octanol–water partition coefficient (Wildman–Crippen LogP) is 3.25. The summed E-state index contributed by atoms with van der Waals surface area (Å²) in [7, 11) is 1.74. The Labute approximate surface area is 116 Å². The number of hydrogen-bond donors (Lipinski definition) is 1. The number of methoxy groups -OCH3 is 1. The van der Waals surface area contributed by atoms with Crippen molar-refractivity contribution in [2.45, 2.75) is 47.1 Å². The zero-order valence-corrected chi connectivity index (χ0v) is 13.1. The molecule has 0 bridgehead atoms. The van der Waals surface area contributed by atoms with Crippen molar-refractivity contribution < 1.29 is 4.74 Å².